The average Bonchev–Trinajstić information content (AvgIpc) is 2.75. The van der Waals surface area contributed by atoms with Gasteiger partial charge >= 0.3 is 0 Å². The van der Waals surface area contributed by atoms with E-state index in [-0.39, 0.29) is 0 Å². The van der Waals surface area contributed by atoms with Gasteiger partial charge < -0.3 is 10.6 Å². The molecule has 3 unspecified atom stereocenters. The maximum Gasteiger partial charge on any atom is 0.224 e. The third-order valence-electron chi connectivity index (χ3n) is 4.15. The molecule has 0 aliphatic heterocycles. The van der Waals surface area contributed by atoms with Crippen LogP contribution in [0.2, 0.25) is 0 Å². The fraction of sp³-hybridized carbons (Fsp3) is 0.714. The number of hydrogen-bond acceptors (Lipinski definition) is 4. The summed E-state index contributed by atoms with van der Waals surface area (Å²) in [5.74, 6) is 3.13. The lowest BCUT2D eigenvalue weighted by atomic mass is 9.93. The molecule has 4 nitrogen and oxygen atoms in total. The van der Waals surface area contributed by atoms with Crippen LogP contribution < -0.4 is 10.6 Å². The predicted octanol–water partition coefficient (Wildman–Crippen LogP) is 3.91. The second-order valence-corrected chi connectivity index (χ2v) is 6.13. The van der Waals surface area contributed by atoms with Crippen LogP contribution in [-0.4, -0.2) is 22.6 Å². The minimum atomic E-state index is 0.519. The Hall–Kier alpha value is -0.840. The first-order chi connectivity index (χ1) is 9.15. The summed E-state index contributed by atoms with van der Waals surface area (Å²) in [7, 11) is 0. The Balaban J connectivity index is 2.08. The van der Waals surface area contributed by atoms with Gasteiger partial charge in [0.25, 0.3) is 0 Å². The molecule has 1 aliphatic carbocycles. The van der Waals surface area contributed by atoms with Crippen LogP contribution in [0.25, 0.3) is 0 Å². The average molecular weight is 327 g/mol. The van der Waals surface area contributed by atoms with Crippen LogP contribution >= 0.6 is 15.9 Å². The van der Waals surface area contributed by atoms with Crippen molar-refractivity contribution in [2.24, 2.45) is 11.8 Å². The zero-order valence-corrected chi connectivity index (χ0v) is 13.5. The van der Waals surface area contributed by atoms with Crippen LogP contribution in [0.15, 0.2) is 10.7 Å². The molecule has 0 aromatic carbocycles. The van der Waals surface area contributed by atoms with Crippen LogP contribution in [-0.2, 0) is 0 Å². The molecule has 19 heavy (non-hydrogen) atoms. The lowest BCUT2D eigenvalue weighted by Crippen LogP contribution is -2.25. The zero-order valence-electron chi connectivity index (χ0n) is 11.9. The molecule has 2 N–H and O–H groups in total. The van der Waals surface area contributed by atoms with Gasteiger partial charge in [-0.05, 0) is 47.5 Å². The number of anilines is 2. The molecule has 2 rings (SSSR count). The van der Waals surface area contributed by atoms with Gasteiger partial charge in [0.05, 0.1) is 4.47 Å². The van der Waals surface area contributed by atoms with E-state index in [4.69, 9.17) is 0 Å². The summed E-state index contributed by atoms with van der Waals surface area (Å²) in [6, 6.07) is 0.519. The van der Waals surface area contributed by atoms with Gasteiger partial charge in [-0.2, -0.15) is 4.98 Å². The summed E-state index contributed by atoms with van der Waals surface area (Å²) in [4.78, 5) is 8.77. The van der Waals surface area contributed by atoms with Crippen molar-refractivity contribution in [2.75, 3.05) is 17.2 Å². The highest BCUT2D eigenvalue weighted by Gasteiger charge is 2.31. The van der Waals surface area contributed by atoms with Crippen LogP contribution in [0.1, 0.15) is 40.0 Å². The van der Waals surface area contributed by atoms with Crippen molar-refractivity contribution in [1.29, 1.82) is 0 Å². The molecule has 1 saturated carbocycles. The Bertz CT molecular complexity index is 424. The van der Waals surface area contributed by atoms with E-state index in [1.165, 1.54) is 19.3 Å². The first kappa shape index (κ1) is 14.6. The molecule has 0 spiro atoms. The second kappa shape index (κ2) is 6.55. The summed E-state index contributed by atoms with van der Waals surface area (Å²) in [6.45, 7) is 7.51. The van der Waals surface area contributed by atoms with Gasteiger partial charge in [0, 0.05) is 18.8 Å². The molecule has 0 radical (unpaired) electrons. The van der Waals surface area contributed by atoms with E-state index in [1.54, 1.807) is 0 Å². The summed E-state index contributed by atoms with van der Waals surface area (Å²) in [6.07, 6.45) is 5.63. The second-order valence-electron chi connectivity index (χ2n) is 5.28. The molecule has 1 fully saturated rings. The van der Waals surface area contributed by atoms with E-state index in [9.17, 15) is 0 Å². The van der Waals surface area contributed by atoms with Gasteiger partial charge in [-0.15, -0.1) is 0 Å². The van der Waals surface area contributed by atoms with Gasteiger partial charge in [0.15, 0.2) is 0 Å². The molecule has 3 atom stereocenters. The zero-order chi connectivity index (χ0) is 13.8. The van der Waals surface area contributed by atoms with Crippen molar-refractivity contribution < 1.29 is 0 Å². The van der Waals surface area contributed by atoms with Crippen LogP contribution in [0.4, 0.5) is 11.8 Å². The first-order valence-corrected chi connectivity index (χ1v) is 7.97. The van der Waals surface area contributed by atoms with Gasteiger partial charge in [0.1, 0.15) is 5.82 Å². The maximum absolute atomic E-state index is 4.53. The van der Waals surface area contributed by atoms with Crippen molar-refractivity contribution in [3.8, 4) is 0 Å². The Morgan fingerprint density at radius 1 is 1.37 bits per heavy atom. The largest absolute Gasteiger partial charge is 0.366 e. The lowest BCUT2D eigenvalue weighted by Gasteiger charge is -2.22. The van der Waals surface area contributed by atoms with E-state index in [0.717, 1.165) is 22.8 Å². The van der Waals surface area contributed by atoms with Gasteiger partial charge in [-0.1, -0.05) is 20.3 Å². The number of rotatable bonds is 5. The monoisotopic (exact) mass is 326 g/mol. The minimum Gasteiger partial charge on any atom is -0.366 e. The number of halogens is 1. The van der Waals surface area contributed by atoms with Crippen molar-refractivity contribution in [1.82, 2.24) is 9.97 Å². The maximum atomic E-state index is 4.53. The Morgan fingerprint density at radius 3 is 2.79 bits per heavy atom. The molecule has 0 bridgehead atoms. The Kier molecular flexibility index (Phi) is 5.02. The highest BCUT2D eigenvalue weighted by molar-refractivity contribution is 9.10. The molecule has 1 aliphatic rings. The lowest BCUT2D eigenvalue weighted by molar-refractivity contribution is 0.391. The smallest absolute Gasteiger partial charge is 0.224 e. The molecule has 1 heterocycles. The van der Waals surface area contributed by atoms with Gasteiger partial charge in [0.2, 0.25) is 5.95 Å². The van der Waals surface area contributed by atoms with Crippen molar-refractivity contribution in [3.05, 3.63) is 10.7 Å². The quantitative estimate of drug-likeness (QED) is 0.861. The molecule has 106 valence electrons. The Labute approximate surface area is 123 Å². The molecule has 0 saturated heterocycles. The molecule has 1 aromatic rings. The van der Waals surface area contributed by atoms with Crippen LogP contribution in [0.5, 0.6) is 0 Å². The molecular weight excluding hydrogens is 304 g/mol. The first-order valence-electron chi connectivity index (χ1n) is 7.18. The molecular formula is C14H23BrN4. The molecule has 5 heteroatoms. The van der Waals surface area contributed by atoms with Crippen molar-refractivity contribution in [3.63, 3.8) is 0 Å². The predicted molar refractivity (Wildman–Crippen MR) is 83.5 cm³/mol. The summed E-state index contributed by atoms with van der Waals surface area (Å²) < 4.78 is 0.932. The summed E-state index contributed by atoms with van der Waals surface area (Å²) in [5.41, 5.74) is 0. The van der Waals surface area contributed by atoms with E-state index in [2.05, 4.69) is 50.4 Å². The Morgan fingerprint density at radius 2 is 2.16 bits per heavy atom. The van der Waals surface area contributed by atoms with Crippen molar-refractivity contribution in [2.45, 2.75) is 46.1 Å². The number of aromatic nitrogens is 2. The number of nitrogens with zero attached hydrogens (tertiary/aromatic N) is 2. The molecule has 1 aromatic heterocycles. The van der Waals surface area contributed by atoms with Gasteiger partial charge in [-0.3, -0.25) is 0 Å². The number of hydrogen-bond donors (Lipinski definition) is 2. The van der Waals surface area contributed by atoms with Crippen molar-refractivity contribution >= 4 is 27.7 Å². The minimum absolute atomic E-state index is 0.519. The fourth-order valence-corrected chi connectivity index (χ4v) is 3.22. The third-order valence-corrected chi connectivity index (χ3v) is 4.73. The summed E-state index contributed by atoms with van der Waals surface area (Å²) in [5, 5.41) is 6.73. The number of nitrogens with one attached hydrogen (secondary N) is 2. The topological polar surface area (TPSA) is 49.8 Å². The van der Waals surface area contributed by atoms with Crippen LogP contribution in [0.3, 0.4) is 0 Å². The van der Waals surface area contributed by atoms with E-state index in [1.807, 2.05) is 13.1 Å². The summed E-state index contributed by atoms with van der Waals surface area (Å²) >= 11 is 3.53. The standard InChI is InChI=1S/C14H23BrN4/c1-4-10-6-7-12(9(10)3)18-13-11(15)8-17-14(19-13)16-5-2/h8-10,12H,4-7H2,1-3H3,(H2,16,17,18,19). The van der Waals surface area contributed by atoms with Gasteiger partial charge in [-0.25, -0.2) is 4.98 Å². The highest BCUT2D eigenvalue weighted by Crippen LogP contribution is 2.36. The van der Waals surface area contributed by atoms with E-state index >= 15 is 0 Å². The fourth-order valence-electron chi connectivity index (χ4n) is 2.91. The molecule has 0 amide bonds. The SMILES string of the molecule is CCNc1ncc(Br)c(NC2CCC(CC)C2C)n1. The van der Waals surface area contributed by atoms with E-state index in [0.29, 0.717) is 17.9 Å². The highest BCUT2D eigenvalue weighted by atomic mass is 79.9. The third kappa shape index (κ3) is 3.38. The van der Waals surface area contributed by atoms with Crippen LogP contribution in [0, 0.1) is 11.8 Å². The normalized spacial score (nSPS) is 26.4. The van der Waals surface area contributed by atoms with E-state index < -0.39 is 0 Å².